The number of hydrogen-bond acceptors (Lipinski definition) is 1. The first kappa shape index (κ1) is 16.3. The van der Waals surface area contributed by atoms with Gasteiger partial charge in [-0.3, -0.25) is 0 Å². The highest BCUT2D eigenvalue weighted by atomic mass is 19.4. The molecule has 0 aromatic heterocycles. The fourth-order valence-corrected chi connectivity index (χ4v) is 3.68. The van der Waals surface area contributed by atoms with Gasteiger partial charge in [-0.2, -0.15) is 13.2 Å². The van der Waals surface area contributed by atoms with Crippen molar-refractivity contribution in [2.45, 2.75) is 51.2 Å². The molecular weight excluding hydrogens is 275 g/mol. The summed E-state index contributed by atoms with van der Waals surface area (Å²) in [7, 11) is 1.77. The van der Waals surface area contributed by atoms with Gasteiger partial charge in [0.25, 0.3) is 0 Å². The van der Waals surface area contributed by atoms with E-state index in [-0.39, 0.29) is 12.0 Å². The minimum atomic E-state index is -4.29. The predicted molar refractivity (Wildman–Crippen MR) is 79.0 cm³/mol. The maximum atomic E-state index is 13.2. The summed E-state index contributed by atoms with van der Waals surface area (Å²) >= 11 is 0. The van der Waals surface area contributed by atoms with Crippen molar-refractivity contribution < 1.29 is 13.2 Å². The standard InChI is InChI=1S/C17H24F3N/c1-3-12-7-6-8-13(11-12)16(21-2)14-9-4-5-10-15(14)17(18,19)20/h4-5,9-10,12-13,16,21H,3,6-8,11H2,1-2H3. The zero-order valence-corrected chi connectivity index (χ0v) is 12.7. The largest absolute Gasteiger partial charge is 0.416 e. The number of benzene rings is 1. The molecule has 1 aromatic rings. The Bertz CT molecular complexity index is 456. The Balaban J connectivity index is 2.29. The molecule has 3 atom stereocenters. The zero-order chi connectivity index (χ0) is 15.5. The molecule has 1 fully saturated rings. The molecule has 1 aromatic carbocycles. The first-order valence-electron chi connectivity index (χ1n) is 7.80. The molecule has 1 N–H and O–H groups in total. The lowest BCUT2D eigenvalue weighted by Gasteiger charge is -2.35. The maximum absolute atomic E-state index is 13.2. The Morgan fingerprint density at radius 1 is 1.24 bits per heavy atom. The third kappa shape index (κ3) is 3.79. The predicted octanol–water partition coefficient (Wildman–Crippen LogP) is 5.18. The van der Waals surface area contributed by atoms with Crippen molar-refractivity contribution >= 4 is 0 Å². The summed E-state index contributed by atoms with van der Waals surface area (Å²) in [5, 5.41) is 3.15. The number of rotatable bonds is 4. The van der Waals surface area contributed by atoms with Crippen molar-refractivity contribution in [3.05, 3.63) is 35.4 Å². The number of halogens is 3. The van der Waals surface area contributed by atoms with Gasteiger partial charge in [0, 0.05) is 6.04 Å². The average Bonchev–Trinajstić information content (AvgIpc) is 2.48. The van der Waals surface area contributed by atoms with Gasteiger partial charge in [-0.15, -0.1) is 0 Å². The van der Waals surface area contributed by atoms with Gasteiger partial charge in [0.05, 0.1) is 5.56 Å². The van der Waals surface area contributed by atoms with E-state index in [1.165, 1.54) is 18.6 Å². The van der Waals surface area contributed by atoms with Crippen molar-refractivity contribution in [1.29, 1.82) is 0 Å². The molecule has 4 heteroatoms. The summed E-state index contributed by atoms with van der Waals surface area (Å²) in [6.07, 6.45) is 1.20. The third-order valence-electron chi connectivity index (χ3n) is 4.78. The quantitative estimate of drug-likeness (QED) is 0.807. The molecule has 21 heavy (non-hydrogen) atoms. The van der Waals surface area contributed by atoms with Crippen LogP contribution in [0.2, 0.25) is 0 Å². The summed E-state index contributed by atoms with van der Waals surface area (Å²) in [6, 6.07) is 5.78. The summed E-state index contributed by atoms with van der Waals surface area (Å²) in [6.45, 7) is 2.17. The van der Waals surface area contributed by atoms with Gasteiger partial charge in [-0.25, -0.2) is 0 Å². The second kappa shape index (κ2) is 6.82. The molecule has 1 aliphatic carbocycles. The van der Waals surface area contributed by atoms with Gasteiger partial charge in [0.15, 0.2) is 0 Å². The van der Waals surface area contributed by atoms with Gasteiger partial charge >= 0.3 is 6.18 Å². The van der Waals surface area contributed by atoms with E-state index in [2.05, 4.69) is 12.2 Å². The molecular formula is C17H24F3N. The van der Waals surface area contributed by atoms with Gasteiger partial charge in [-0.1, -0.05) is 44.4 Å². The molecule has 0 saturated heterocycles. The van der Waals surface area contributed by atoms with Crippen LogP contribution in [0, 0.1) is 11.8 Å². The molecule has 0 aliphatic heterocycles. The van der Waals surface area contributed by atoms with Crippen LogP contribution in [0.15, 0.2) is 24.3 Å². The highest BCUT2D eigenvalue weighted by Crippen LogP contribution is 2.42. The van der Waals surface area contributed by atoms with Crippen molar-refractivity contribution in [1.82, 2.24) is 5.32 Å². The van der Waals surface area contributed by atoms with Gasteiger partial charge < -0.3 is 5.32 Å². The first-order chi connectivity index (χ1) is 9.97. The Kier molecular flexibility index (Phi) is 5.31. The Hall–Kier alpha value is -1.03. The zero-order valence-electron chi connectivity index (χ0n) is 12.7. The lowest BCUT2D eigenvalue weighted by Crippen LogP contribution is -2.31. The number of hydrogen-bond donors (Lipinski definition) is 1. The summed E-state index contributed by atoms with van der Waals surface area (Å²) in [4.78, 5) is 0. The van der Waals surface area contributed by atoms with E-state index < -0.39 is 11.7 Å². The fourth-order valence-electron chi connectivity index (χ4n) is 3.68. The highest BCUT2D eigenvalue weighted by Gasteiger charge is 2.37. The van der Waals surface area contributed by atoms with Crippen molar-refractivity contribution in [3.63, 3.8) is 0 Å². The summed E-state index contributed by atoms with van der Waals surface area (Å²) in [5.41, 5.74) is -0.0998. The molecule has 2 rings (SSSR count). The van der Waals surface area contributed by atoms with Gasteiger partial charge in [0.2, 0.25) is 0 Å². The normalized spacial score (nSPS) is 24.8. The first-order valence-corrected chi connectivity index (χ1v) is 7.80. The summed E-state index contributed by atoms with van der Waals surface area (Å²) < 4.78 is 39.7. The Morgan fingerprint density at radius 2 is 1.95 bits per heavy atom. The summed E-state index contributed by atoms with van der Waals surface area (Å²) in [5.74, 6) is 0.940. The molecule has 0 radical (unpaired) electrons. The fraction of sp³-hybridized carbons (Fsp3) is 0.647. The van der Waals surface area contributed by atoms with E-state index >= 15 is 0 Å². The Morgan fingerprint density at radius 3 is 2.57 bits per heavy atom. The maximum Gasteiger partial charge on any atom is 0.416 e. The Labute approximate surface area is 124 Å². The molecule has 3 unspecified atom stereocenters. The van der Waals surface area contributed by atoms with Crippen LogP contribution < -0.4 is 5.32 Å². The smallest absolute Gasteiger partial charge is 0.313 e. The minimum Gasteiger partial charge on any atom is -0.313 e. The topological polar surface area (TPSA) is 12.0 Å². The molecule has 118 valence electrons. The molecule has 0 bridgehead atoms. The average molecular weight is 299 g/mol. The molecule has 0 spiro atoms. The van der Waals surface area contributed by atoms with Crippen LogP contribution in [-0.2, 0) is 6.18 Å². The van der Waals surface area contributed by atoms with Crippen LogP contribution in [0.4, 0.5) is 13.2 Å². The molecule has 1 aliphatic rings. The monoisotopic (exact) mass is 299 g/mol. The van der Waals surface area contributed by atoms with Crippen molar-refractivity contribution in [2.75, 3.05) is 7.05 Å². The van der Waals surface area contributed by atoms with Crippen LogP contribution >= 0.6 is 0 Å². The second-order valence-corrected chi connectivity index (χ2v) is 6.05. The van der Waals surface area contributed by atoms with Crippen LogP contribution in [0.25, 0.3) is 0 Å². The van der Waals surface area contributed by atoms with Gasteiger partial charge in [-0.05, 0) is 43.4 Å². The van der Waals surface area contributed by atoms with Gasteiger partial charge in [0.1, 0.15) is 0 Å². The van der Waals surface area contributed by atoms with Crippen molar-refractivity contribution in [2.24, 2.45) is 11.8 Å². The van der Waals surface area contributed by atoms with Crippen LogP contribution in [0.3, 0.4) is 0 Å². The highest BCUT2D eigenvalue weighted by molar-refractivity contribution is 5.33. The molecule has 0 heterocycles. The molecule has 0 amide bonds. The van der Waals surface area contributed by atoms with Crippen molar-refractivity contribution in [3.8, 4) is 0 Å². The lowest BCUT2D eigenvalue weighted by molar-refractivity contribution is -0.138. The number of nitrogens with one attached hydrogen (secondary N) is 1. The minimum absolute atomic E-state index is 0.211. The second-order valence-electron chi connectivity index (χ2n) is 6.05. The van der Waals surface area contributed by atoms with E-state index in [4.69, 9.17) is 0 Å². The van der Waals surface area contributed by atoms with Crippen LogP contribution in [0.1, 0.15) is 56.2 Å². The van der Waals surface area contributed by atoms with E-state index in [9.17, 15) is 13.2 Å². The molecule has 1 nitrogen and oxygen atoms in total. The van der Waals surface area contributed by atoms with Crippen LogP contribution in [0.5, 0.6) is 0 Å². The lowest BCUT2D eigenvalue weighted by atomic mass is 9.74. The SMILES string of the molecule is CCC1CCCC(C(NC)c2ccccc2C(F)(F)F)C1. The van der Waals surface area contributed by atoms with E-state index in [0.29, 0.717) is 11.5 Å². The van der Waals surface area contributed by atoms with E-state index in [0.717, 1.165) is 25.7 Å². The number of alkyl halides is 3. The third-order valence-corrected chi connectivity index (χ3v) is 4.78. The van der Waals surface area contributed by atoms with E-state index in [1.807, 2.05) is 0 Å². The van der Waals surface area contributed by atoms with E-state index in [1.54, 1.807) is 19.2 Å². The molecule has 1 saturated carbocycles. The van der Waals surface area contributed by atoms with Crippen LogP contribution in [-0.4, -0.2) is 7.05 Å².